The number of carbonyl (C=O) groups is 3. The van der Waals surface area contributed by atoms with Gasteiger partial charge in [0, 0.05) is 36.5 Å². The van der Waals surface area contributed by atoms with Gasteiger partial charge in [0.25, 0.3) is 0 Å². The van der Waals surface area contributed by atoms with Crippen molar-refractivity contribution in [3.8, 4) is 0 Å². The second-order valence-electron chi connectivity index (χ2n) is 6.01. The van der Waals surface area contributed by atoms with Crippen LogP contribution in [0.4, 0.5) is 0 Å². The molecule has 25 heavy (non-hydrogen) atoms. The first-order valence-corrected chi connectivity index (χ1v) is 8.10. The topological polar surface area (TPSA) is 100 Å². The summed E-state index contributed by atoms with van der Waals surface area (Å²) in [6, 6.07) is 6.64. The molecule has 1 heterocycles. The van der Waals surface area contributed by atoms with Gasteiger partial charge in [-0.05, 0) is 18.6 Å². The lowest BCUT2D eigenvalue weighted by molar-refractivity contribution is -0.141. The summed E-state index contributed by atoms with van der Waals surface area (Å²) in [5, 5.41) is 6.43. The molecule has 0 radical (unpaired) electrons. The third kappa shape index (κ3) is 5.07. The fourth-order valence-electron chi connectivity index (χ4n) is 2.70. The summed E-state index contributed by atoms with van der Waals surface area (Å²) in [7, 11) is 1.30. The summed E-state index contributed by atoms with van der Waals surface area (Å²) < 4.78 is 4.60. The quantitative estimate of drug-likeness (QED) is 0.658. The minimum absolute atomic E-state index is 0.0715. The van der Waals surface area contributed by atoms with E-state index >= 15 is 0 Å². The van der Waals surface area contributed by atoms with Crippen molar-refractivity contribution in [2.75, 3.05) is 7.11 Å². The third-order valence-electron chi connectivity index (χ3n) is 3.88. The van der Waals surface area contributed by atoms with Crippen molar-refractivity contribution in [2.24, 2.45) is 0 Å². The van der Waals surface area contributed by atoms with Crippen LogP contribution in [0.15, 0.2) is 30.5 Å². The van der Waals surface area contributed by atoms with E-state index < -0.39 is 12.0 Å². The van der Waals surface area contributed by atoms with Gasteiger partial charge in [-0.15, -0.1) is 0 Å². The van der Waals surface area contributed by atoms with Crippen molar-refractivity contribution in [3.63, 3.8) is 0 Å². The molecule has 1 aromatic carbocycles. The zero-order chi connectivity index (χ0) is 18.4. The molecule has 0 bridgehead atoms. The monoisotopic (exact) mass is 345 g/mol. The Balaban J connectivity index is 2.11. The van der Waals surface area contributed by atoms with Crippen molar-refractivity contribution < 1.29 is 19.1 Å². The number of hydrogen-bond acceptors (Lipinski definition) is 4. The molecule has 7 nitrogen and oxygen atoms in total. The van der Waals surface area contributed by atoms with E-state index in [9.17, 15) is 14.4 Å². The van der Waals surface area contributed by atoms with E-state index in [0.717, 1.165) is 16.5 Å². The first kappa shape index (κ1) is 18.5. The summed E-state index contributed by atoms with van der Waals surface area (Å²) in [5.41, 5.74) is 1.91. The van der Waals surface area contributed by atoms with Gasteiger partial charge in [0.15, 0.2) is 0 Å². The fourth-order valence-corrected chi connectivity index (χ4v) is 2.70. The number of benzene rings is 1. The number of aromatic amines is 1. The highest BCUT2D eigenvalue weighted by molar-refractivity contribution is 5.89. The molecule has 3 N–H and O–H groups in total. The molecule has 1 aromatic heterocycles. The molecule has 2 rings (SSSR count). The smallest absolute Gasteiger partial charge is 0.307 e. The Labute approximate surface area is 146 Å². The maximum atomic E-state index is 12.5. The first-order valence-electron chi connectivity index (χ1n) is 8.10. The minimum Gasteiger partial charge on any atom is -0.469 e. The Bertz CT molecular complexity index is 769. The number of fused-ring (bicyclic) bond motifs is 1. The van der Waals surface area contributed by atoms with Crippen LogP contribution < -0.4 is 10.6 Å². The molecule has 0 aliphatic carbocycles. The summed E-state index contributed by atoms with van der Waals surface area (Å²) in [5.74, 6) is -1.03. The van der Waals surface area contributed by atoms with Crippen LogP contribution >= 0.6 is 0 Å². The number of nitrogens with one attached hydrogen (secondary N) is 3. The van der Waals surface area contributed by atoms with Gasteiger partial charge in [0.1, 0.15) is 6.04 Å². The lowest BCUT2D eigenvalue weighted by Gasteiger charge is -2.20. The zero-order valence-corrected chi connectivity index (χ0v) is 14.6. The number of H-pyrrole nitrogens is 1. The molecule has 0 saturated carbocycles. The summed E-state index contributed by atoms with van der Waals surface area (Å²) in [4.78, 5) is 38.5. The van der Waals surface area contributed by atoms with Gasteiger partial charge in [-0.3, -0.25) is 14.4 Å². The molecule has 2 unspecified atom stereocenters. The molecule has 7 heteroatoms. The number of amides is 2. The van der Waals surface area contributed by atoms with Crippen LogP contribution in [0.5, 0.6) is 0 Å². The van der Waals surface area contributed by atoms with E-state index in [0.29, 0.717) is 6.42 Å². The Hall–Kier alpha value is -2.83. The maximum Gasteiger partial charge on any atom is 0.307 e. The van der Waals surface area contributed by atoms with E-state index in [-0.39, 0.29) is 24.3 Å². The van der Waals surface area contributed by atoms with Crippen LogP contribution in [0.3, 0.4) is 0 Å². The molecule has 0 fully saturated rings. The Kier molecular flexibility index (Phi) is 6.16. The van der Waals surface area contributed by atoms with Gasteiger partial charge >= 0.3 is 5.97 Å². The molecule has 2 amide bonds. The van der Waals surface area contributed by atoms with Gasteiger partial charge in [-0.1, -0.05) is 18.2 Å². The number of aromatic nitrogens is 1. The standard InChI is InChI=1S/C18H23N3O4/c1-11(8-17(23)25-3)20-18(24)16(21-12(2)22)9-13-10-19-15-7-5-4-6-14(13)15/h4-7,10-11,16,19H,8-9H2,1-3H3,(H,20,24)(H,21,22). The second kappa shape index (κ2) is 8.32. The van der Waals surface area contributed by atoms with Crippen molar-refractivity contribution >= 4 is 28.7 Å². The average Bonchev–Trinajstić information content (AvgIpc) is 2.96. The van der Waals surface area contributed by atoms with E-state index in [1.165, 1.54) is 14.0 Å². The van der Waals surface area contributed by atoms with Gasteiger partial charge < -0.3 is 20.4 Å². The molecule has 2 aromatic rings. The van der Waals surface area contributed by atoms with Gasteiger partial charge in [-0.25, -0.2) is 0 Å². The Morgan fingerprint density at radius 1 is 1.20 bits per heavy atom. The Morgan fingerprint density at radius 3 is 2.60 bits per heavy atom. The first-order chi connectivity index (χ1) is 11.9. The fraction of sp³-hybridized carbons (Fsp3) is 0.389. The highest BCUT2D eigenvalue weighted by Gasteiger charge is 2.23. The average molecular weight is 345 g/mol. The number of carbonyl (C=O) groups excluding carboxylic acids is 3. The maximum absolute atomic E-state index is 12.5. The number of esters is 1. The number of ether oxygens (including phenoxy) is 1. The molecular weight excluding hydrogens is 322 g/mol. The van der Waals surface area contributed by atoms with Crippen LogP contribution in [-0.4, -0.2) is 42.0 Å². The molecule has 0 aliphatic rings. The largest absolute Gasteiger partial charge is 0.469 e. The molecule has 0 spiro atoms. The van der Waals surface area contributed by atoms with E-state index in [2.05, 4.69) is 20.4 Å². The highest BCUT2D eigenvalue weighted by atomic mass is 16.5. The molecule has 2 atom stereocenters. The van der Waals surface area contributed by atoms with E-state index in [1.807, 2.05) is 30.5 Å². The molecule has 0 aliphatic heterocycles. The third-order valence-corrected chi connectivity index (χ3v) is 3.88. The van der Waals surface area contributed by atoms with Crippen molar-refractivity contribution in [1.82, 2.24) is 15.6 Å². The lowest BCUT2D eigenvalue weighted by Crippen LogP contribution is -2.50. The van der Waals surface area contributed by atoms with Crippen LogP contribution in [-0.2, 0) is 25.5 Å². The van der Waals surface area contributed by atoms with Gasteiger partial charge in [0.05, 0.1) is 13.5 Å². The SMILES string of the molecule is COC(=O)CC(C)NC(=O)C(Cc1c[nH]c2ccccc12)NC(C)=O. The van der Waals surface area contributed by atoms with Crippen LogP contribution in [0.25, 0.3) is 10.9 Å². The second-order valence-corrected chi connectivity index (χ2v) is 6.01. The van der Waals surface area contributed by atoms with Crippen molar-refractivity contribution in [1.29, 1.82) is 0 Å². The van der Waals surface area contributed by atoms with Crippen LogP contribution in [0, 0.1) is 0 Å². The number of para-hydroxylation sites is 1. The van der Waals surface area contributed by atoms with Gasteiger partial charge in [-0.2, -0.15) is 0 Å². The minimum atomic E-state index is -0.725. The number of rotatable bonds is 7. The van der Waals surface area contributed by atoms with Crippen LogP contribution in [0.2, 0.25) is 0 Å². The van der Waals surface area contributed by atoms with Crippen LogP contribution in [0.1, 0.15) is 25.8 Å². The summed E-state index contributed by atoms with van der Waals surface area (Å²) in [6.07, 6.45) is 2.26. The van der Waals surface area contributed by atoms with Crippen molar-refractivity contribution in [3.05, 3.63) is 36.0 Å². The number of methoxy groups -OCH3 is 1. The van der Waals surface area contributed by atoms with E-state index in [4.69, 9.17) is 0 Å². The normalized spacial score (nSPS) is 13.1. The molecular formula is C18H23N3O4. The predicted octanol–water partition coefficient (Wildman–Crippen LogP) is 1.28. The highest BCUT2D eigenvalue weighted by Crippen LogP contribution is 2.19. The molecule has 0 saturated heterocycles. The zero-order valence-electron chi connectivity index (χ0n) is 14.6. The summed E-state index contributed by atoms with van der Waals surface area (Å²) >= 11 is 0. The van der Waals surface area contributed by atoms with Crippen molar-refractivity contribution in [2.45, 2.75) is 38.8 Å². The summed E-state index contributed by atoms with van der Waals surface area (Å²) in [6.45, 7) is 3.08. The Morgan fingerprint density at radius 2 is 1.92 bits per heavy atom. The predicted molar refractivity (Wildman–Crippen MR) is 93.8 cm³/mol. The molecule has 134 valence electrons. The van der Waals surface area contributed by atoms with Gasteiger partial charge in [0.2, 0.25) is 11.8 Å². The number of hydrogen-bond donors (Lipinski definition) is 3. The van der Waals surface area contributed by atoms with E-state index in [1.54, 1.807) is 6.92 Å². The lowest BCUT2D eigenvalue weighted by atomic mass is 10.0.